The van der Waals surface area contributed by atoms with Crippen LogP contribution in [0, 0.1) is 0 Å². The van der Waals surface area contributed by atoms with Gasteiger partial charge in [0.25, 0.3) is 0 Å². The van der Waals surface area contributed by atoms with E-state index in [0.717, 1.165) is 0 Å². The molecule has 0 radical (unpaired) electrons. The van der Waals surface area contributed by atoms with Crippen molar-refractivity contribution in [1.82, 2.24) is 9.55 Å². The van der Waals surface area contributed by atoms with Crippen molar-refractivity contribution in [3.8, 4) is 0 Å². The van der Waals surface area contributed by atoms with E-state index in [1.54, 1.807) is 0 Å². The van der Waals surface area contributed by atoms with Gasteiger partial charge in [-0.2, -0.15) is 0 Å². The number of nitrogens with zero attached hydrogens (tertiary/aromatic N) is 5. The van der Waals surface area contributed by atoms with E-state index in [-0.39, 0.29) is 18.1 Å². The maximum absolute atomic E-state index is 12.0. The van der Waals surface area contributed by atoms with E-state index in [1.807, 2.05) is 0 Å². The van der Waals surface area contributed by atoms with E-state index in [0.29, 0.717) is 0 Å². The van der Waals surface area contributed by atoms with Crippen molar-refractivity contribution in [2.75, 3.05) is 18.9 Å². The molecule has 0 aliphatic carbocycles. The number of hydrogen-bond acceptors (Lipinski definition) is 9. The highest BCUT2D eigenvalue weighted by Crippen LogP contribution is 2.37. The molecular formula is C14H17ClN6O6. The smallest absolute Gasteiger partial charge is 0.303 e. The molecule has 1 aliphatic heterocycles. The van der Waals surface area contributed by atoms with Gasteiger partial charge in [0.15, 0.2) is 18.1 Å². The van der Waals surface area contributed by atoms with Crippen molar-refractivity contribution < 1.29 is 28.6 Å². The quantitative estimate of drug-likeness (QED) is 0.176. The number of Topliss-reactive ketones (excluding diaryl/α,β-unsaturated/α-hetero) is 1. The van der Waals surface area contributed by atoms with Crippen LogP contribution in [0.4, 0.5) is 5.82 Å². The summed E-state index contributed by atoms with van der Waals surface area (Å²) < 4.78 is 17.1. The molecule has 0 amide bonds. The molecule has 0 aromatic carbocycles. The van der Waals surface area contributed by atoms with Gasteiger partial charge in [-0.05, 0) is 5.53 Å². The molecule has 0 spiro atoms. The van der Waals surface area contributed by atoms with Gasteiger partial charge in [-0.25, -0.2) is 4.98 Å². The molecule has 146 valence electrons. The molecule has 1 fully saturated rings. The maximum Gasteiger partial charge on any atom is 0.303 e. The third-order valence-corrected chi connectivity index (χ3v) is 4.13. The summed E-state index contributed by atoms with van der Waals surface area (Å²) in [5, 5.41) is 2.27. The molecule has 2 N–H and O–H groups in total. The third kappa shape index (κ3) is 4.67. The minimum Gasteiger partial charge on any atom is -0.463 e. The Kier molecular flexibility index (Phi) is 6.61. The summed E-state index contributed by atoms with van der Waals surface area (Å²) in [6.45, 7) is 1.79. The second-order valence-corrected chi connectivity index (χ2v) is 6.09. The molecule has 4 atom stereocenters. The van der Waals surface area contributed by atoms with Gasteiger partial charge in [0.1, 0.15) is 29.6 Å². The van der Waals surface area contributed by atoms with Crippen LogP contribution in [0.1, 0.15) is 30.6 Å². The predicted octanol–water partition coefficient (Wildman–Crippen LogP) is 0.958. The summed E-state index contributed by atoms with van der Waals surface area (Å²) in [4.78, 5) is 40.8. The van der Waals surface area contributed by atoms with E-state index < -0.39 is 48.1 Å². The van der Waals surface area contributed by atoms with Gasteiger partial charge in [-0.3, -0.25) is 19.0 Å². The van der Waals surface area contributed by atoms with Crippen molar-refractivity contribution in [2.45, 2.75) is 37.7 Å². The first kappa shape index (κ1) is 20.5. The molecule has 27 heavy (non-hydrogen) atoms. The molecule has 0 saturated carbocycles. The number of carbonyl (C=O) groups excluding carboxylic acids is 3. The molecule has 0 bridgehead atoms. The first-order chi connectivity index (χ1) is 12.8. The number of halogens is 1. The van der Waals surface area contributed by atoms with Gasteiger partial charge in [-0.1, -0.05) is 5.11 Å². The van der Waals surface area contributed by atoms with E-state index in [2.05, 4.69) is 15.0 Å². The summed E-state index contributed by atoms with van der Waals surface area (Å²) in [6, 6.07) is 0. The second-order valence-electron chi connectivity index (χ2n) is 5.58. The van der Waals surface area contributed by atoms with Crippen molar-refractivity contribution in [1.29, 1.82) is 0 Å². The van der Waals surface area contributed by atoms with Gasteiger partial charge in [0.2, 0.25) is 0 Å². The molecule has 1 aromatic heterocycles. The number of ether oxygens (including phenoxy) is 3. The number of rotatable bonds is 7. The molecule has 2 rings (SSSR count). The monoisotopic (exact) mass is 400 g/mol. The second kappa shape index (κ2) is 8.71. The normalized spacial score (nSPS) is 24.1. The summed E-state index contributed by atoms with van der Waals surface area (Å²) >= 11 is 6.38. The van der Waals surface area contributed by atoms with E-state index in [9.17, 15) is 14.4 Å². The van der Waals surface area contributed by atoms with Crippen LogP contribution >= 0.6 is 11.6 Å². The molecule has 2 heterocycles. The van der Waals surface area contributed by atoms with Gasteiger partial charge >= 0.3 is 11.9 Å². The molecule has 1 saturated heterocycles. The molecule has 13 heteroatoms. The number of nitrogens with two attached hydrogens (primary N) is 1. The topological polar surface area (TPSA) is 171 Å². The largest absolute Gasteiger partial charge is 0.463 e. The highest BCUT2D eigenvalue weighted by molar-refractivity contribution is 6.21. The summed E-state index contributed by atoms with van der Waals surface area (Å²) in [5.74, 6) is -1.77. The van der Waals surface area contributed by atoms with Crippen LogP contribution in [0.15, 0.2) is 11.4 Å². The Balaban J connectivity index is 2.25. The van der Waals surface area contributed by atoms with Crippen LogP contribution in [-0.4, -0.2) is 58.0 Å². The minimum absolute atomic E-state index is 0.0569. The lowest BCUT2D eigenvalue weighted by Gasteiger charge is -2.19. The highest BCUT2D eigenvalue weighted by Gasteiger charge is 2.48. The zero-order valence-electron chi connectivity index (χ0n) is 14.4. The number of nitrogen functional groups attached to an aromatic ring is 1. The molecule has 0 unspecified atom stereocenters. The van der Waals surface area contributed by atoms with Crippen molar-refractivity contribution >= 4 is 35.1 Å². The number of hydrogen-bond donors (Lipinski definition) is 1. The van der Waals surface area contributed by atoms with E-state index in [1.165, 1.54) is 24.7 Å². The zero-order valence-corrected chi connectivity index (χ0v) is 15.2. The number of azide groups is 1. The van der Waals surface area contributed by atoms with Crippen LogP contribution in [0.25, 0.3) is 10.4 Å². The van der Waals surface area contributed by atoms with E-state index in [4.69, 9.17) is 37.1 Å². The van der Waals surface area contributed by atoms with Crippen molar-refractivity contribution in [2.24, 2.45) is 5.11 Å². The van der Waals surface area contributed by atoms with Crippen molar-refractivity contribution in [3.63, 3.8) is 0 Å². The SMILES string of the molecule is CC(=O)OC[C@H]1O[C@@H](n2cnc(C(=O)CN=[N+]=[N-])c2N)[C@H](Cl)[C@@H]1OC(C)=O. The first-order valence-electron chi connectivity index (χ1n) is 7.72. The number of aromatic nitrogens is 2. The zero-order chi connectivity index (χ0) is 20.1. The Bertz CT molecular complexity index is 791. The minimum atomic E-state index is -0.940. The molecule has 1 aliphatic rings. The Morgan fingerprint density at radius 2 is 2.15 bits per heavy atom. The van der Waals surface area contributed by atoms with Gasteiger partial charge < -0.3 is 19.9 Å². The highest BCUT2D eigenvalue weighted by atomic mass is 35.5. The predicted molar refractivity (Wildman–Crippen MR) is 90.7 cm³/mol. The fourth-order valence-electron chi connectivity index (χ4n) is 2.54. The van der Waals surface area contributed by atoms with Crippen LogP contribution in [0.2, 0.25) is 0 Å². The fourth-order valence-corrected chi connectivity index (χ4v) is 2.94. The lowest BCUT2D eigenvalue weighted by Crippen LogP contribution is -2.35. The van der Waals surface area contributed by atoms with Gasteiger partial charge in [-0.15, -0.1) is 11.6 Å². The molecular weight excluding hydrogens is 384 g/mol. The fraction of sp³-hybridized carbons (Fsp3) is 0.571. The number of carbonyl (C=O) groups is 3. The maximum atomic E-state index is 12.0. The number of esters is 2. The van der Waals surface area contributed by atoms with Gasteiger partial charge in [0.05, 0.1) is 12.9 Å². The molecule has 12 nitrogen and oxygen atoms in total. The first-order valence-corrected chi connectivity index (χ1v) is 8.16. The average Bonchev–Trinajstić information content (AvgIpc) is 3.11. The lowest BCUT2D eigenvalue weighted by atomic mass is 10.1. The lowest BCUT2D eigenvalue weighted by molar-refractivity contribution is -0.155. The van der Waals surface area contributed by atoms with Gasteiger partial charge in [0, 0.05) is 18.8 Å². The number of alkyl halides is 1. The van der Waals surface area contributed by atoms with Crippen LogP contribution in [0.5, 0.6) is 0 Å². The summed E-state index contributed by atoms with van der Waals surface area (Å²) in [6.07, 6.45) is -1.46. The number of ketones is 1. The number of imidazole rings is 1. The Labute approximate surface area is 158 Å². The Morgan fingerprint density at radius 3 is 2.74 bits per heavy atom. The van der Waals surface area contributed by atoms with E-state index >= 15 is 0 Å². The number of anilines is 1. The third-order valence-electron chi connectivity index (χ3n) is 3.67. The summed E-state index contributed by atoms with van der Waals surface area (Å²) in [5.41, 5.74) is 14.1. The molecule has 1 aromatic rings. The van der Waals surface area contributed by atoms with Crippen LogP contribution < -0.4 is 5.73 Å². The van der Waals surface area contributed by atoms with Crippen LogP contribution in [-0.2, 0) is 23.8 Å². The average molecular weight is 401 g/mol. The Hall–Kier alpha value is -2.82. The summed E-state index contributed by atoms with van der Waals surface area (Å²) in [7, 11) is 0. The Morgan fingerprint density at radius 1 is 1.44 bits per heavy atom. The van der Waals surface area contributed by atoms with Crippen LogP contribution in [0.3, 0.4) is 0 Å². The van der Waals surface area contributed by atoms with Crippen molar-refractivity contribution in [3.05, 3.63) is 22.5 Å². The standard InChI is InChI=1S/C14H17ClN6O6/c1-6(22)25-4-9-12(26-7(2)23)10(15)14(27-9)21-5-18-11(13(21)16)8(24)3-19-20-17/h5,9-10,12,14H,3-4,16H2,1-2H3/t9-,10-,12-,14-/m1/s1.